The molecule has 0 bridgehead atoms. The second-order valence-electron chi connectivity index (χ2n) is 4.34. The molecule has 2 heteroatoms. The van der Waals surface area contributed by atoms with Crippen LogP contribution in [0.2, 0.25) is 0 Å². The van der Waals surface area contributed by atoms with Crippen molar-refractivity contribution in [2.45, 2.75) is 26.7 Å². The predicted molar refractivity (Wildman–Crippen MR) is 58.4 cm³/mol. The van der Waals surface area contributed by atoms with Crippen LogP contribution in [-0.2, 0) is 6.42 Å². The van der Waals surface area contributed by atoms with Gasteiger partial charge in [0.05, 0.1) is 0 Å². The van der Waals surface area contributed by atoms with E-state index >= 15 is 0 Å². The maximum atomic E-state index is 4.57. The highest BCUT2D eigenvalue weighted by Gasteiger charge is 2.15. The SMILES string of the molecule is Cc1cc(C)nc(CC2CCNC2)c1. The van der Waals surface area contributed by atoms with Crippen LogP contribution in [0.3, 0.4) is 0 Å². The first-order valence-electron chi connectivity index (χ1n) is 5.39. The molecule has 76 valence electrons. The Labute approximate surface area is 85.7 Å². The van der Waals surface area contributed by atoms with Gasteiger partial charge >= 0.3 is 0 Å². The van der Waals surface area contributed by atoms with Gasteiger partial charge in [-0.15, -0.1) is 0 Å². The van der Waals surface area contributed by atoms with E-state index in [1.54, 1.807) is 0 Å². The van der Waals surface area contributed by atoms with E-state index in [2.05, 4.69) is 36.3 Å². The van der Waals surface area contributed by atoms with E-state index < -0.39 is 0 Å². The average Bonchev–Trinajstić information content (AvgIpc) is 2.54. The largest absolute Gasteiger partial charge is 0.316 e. The minimum Gasteiger partial charge on any atom is -0.316 e. The summed E-state index contributed by atoms with van der Waals surface area (Å²) in [5.41, 5.74) is 3.74. The first-order valence-corrected chi connectivity index (χ1v) is 5.39. The first kappa shape index (κ1) is 9.66. The number of nitrogens with one attached hydrogen (secondary N) is 1. The fourth-order valence-corrected chi connectivity index (χ4v) is 2.21. The van der Waals surface area contributed by atoms with Gasteiger partial charge in [0.1, 0.15) is 0 Å². The fraction of sp³-hybridized carbons (Fsp3) is 0.583. The van der Waals surface area contributed by atoms with E-state index in [0.717, 1.165) is 24.6 Å². The summed E-state index contributed by atoms with van der Waals surface area (Å²) in [4.78, 5) is 4.57. The van der Waals surface area contributed by atoms with Crippen LogP contribution in [0.4, 0.5) is 0 Å². The van der Waals surface area contributed by atoms with Crippen LogP contribution in [0.15, 0.2) is 12.1 Å². The molecule has 0 saturated carbocycles. The van der Waals surface area contributed by atoms with Crippen LogP contribution >= 0.6 is 0 Å². The summed E-state index contributed by atoms with van der Waals surface area (Å²) in [5.74, 6) is 0.795. The number of hydrogen-bond acceptors (Lipinski definition) is 2. The second kappa shape index (κ2) is 4.09. The molecule has 0 amide bonds. The highest BCUT2D eigenvalue weighted by molar-refractivity contribution is 5.19. The van der Waals surface area contributed by atoms with Gasteiger partial charge in [-0.3, -0.25) is 4.98 Å². The molecule has 1 N–H and O–H groups in total. The van der Waals surface area contributed by atoms with Crippen molar-refractivity contribution in [2.75, 3.05) is 13.1 Å². The molecule has 2 rings (SSSR count). The summed E-state index contributed by atoms with van der Waals surface area (Å²) in [7, 11) is 0. The van der Waals surface area contributed by atoms with Gasteiger partial charge in [0.2, 0.25) is 0 Å². The number of aromatic nitrogens is 1. The molecule has 2 nitrogen and oxygen atoms in total. The van der Waals surface area contributed by atoms with Crippen molar-refractivity contribution in [3.63, 3.8) is 0 Å². The van der Waals surface area contributed by atoms with E-state index in [9.17, 15) is 0 Å². The van der Waals surface area contributed by atoms with E-state index in [1.165, 1.54) is 24.2 Å². The lowest BCUT2D eigenvalue weighted by atomic mass is 10.0. The van der Waals surface area contributed by atoms with Gasteiger partial charge in [0, 0.05) is 11.4 Å². The van der Waals surface area contributed by atoms with Crippen molar-refractivity contribution in [1.29, 1.82) is 0 Å². The first-order chi connectivity index (χ1) is 6.74. The molecule has 1 aromatic heterocycles. The van der Waals surface area contributed by atoms with Crippen molar-refractivity contribution in [3.05, 3.63) is 29.1 Å². The summed E-state index contributed by atoms with van der Waals surface area (Å²) in [6, 6.07) is 4.35. The Balaban J connectivity index is 2.07. The highest BCUT2D eigenvalue weighted by Crippen LogP contribution is 2.15. The summed E-state index contributed by atoms with van der Waals surface area (Å²) >= 11 is 0. The molecule has 1 atom stereocenters. The number of aryl methyl sites for hydroxylation is 2. The third kappa shape index (κ3) is 2.32. The summed E-state index contributed by atoms with van der Waals surface area (Å²) in [5, 5.41) is 3.39. The van der Waals surface area contributed by atoms with Gasteiger partial charge in [-0.05, 0) is 63.4 Å². The molecule has 1 aliphatic rings. The van der Waals surface area contributed by atoms with E-state index in [-0.39, 0.29) is 0 Å². The molecule has 1 saturated heterocycles. The van der Waals surface area contributed by atoms with Crippen molar-refractivity contribution < 1.29 is 0 Å². The smallest absolute Gasteiger partial charge is 0.0412 e. The summed E-state index contributed by atoms with van der Waals surface area (Å²) < 4.78 is 0. The van der Waals surface area contributed by atoms with E-state index in [4.69, 9.17) is 0 Å². The molecule has 1 aromatic rings. The molecule has 1 unspecified atom stereocenters. The molecule has 1 fully saturated rings. The normalized spacial score (nSPS) is 21.4. The van der Waals surface area contributed by atoms with Crippen molar-refractivity contribution in [2.24, 2.45) is 5.92 Å². The molecule has 2 heterocycles. The molecule has 0 spiro atoms. The van der Waals surface area contributed by atoms with Gasteiger partial charge in [0.15, 0.2) is 0 Å². The molecular formula is C12H18N2. The third-order valence-corrected chi connectivity index (χ3v) is 2.81. The molecule has 0 aliphatic carbocycles. The van der Waals surface area contributed by atoms with Crippen LogP contribution in [0.5, 0.6) is 0 Å². The molecular weight excluding hydrogens is 172 g/mol. The lowest BCUT2D eigenvalue weighted by molar-refractivity contribution is 0.571. The maximum absolute atomic E-state index is 4.57. The van der Waals surface area contributed by atoms with Crippen molar-refractivity contribution >= 4 is 0 Å². The number of nitrogens with zero attached hydrogens (tertiary/aromatic N) is 1. The average molecular weight is 190 g/mol. The molecule has 1 aliphatic heterocycles. The summed E-state index contributed by atoms with van der Waals surface area (Å²) in [6.07, 6.45) is 2.43. The number of rotatable bonds is 2. The Morgan fingerprint density at radius 3 is 2.93 bits per heavy atom. The zero-order valence-corrected chi connectivity index (χ0v) is 9.01. The molecule has 0 radical (unpaired) electrons. The Hall–Kier alpha value is -0.890. The van der Waals surface area contributed by atoms with Gasteiger partial charge in [-0.2, -0.15) is 0 Å². The standard InChI is InChI=1S/C12H18N2/c1-9-5-10(2)14-12(6-9)7-11-3-4-13-8-11/h5-6,11,13H,3-4,7-8H2,1-2H3. The van der Waals surface area contributed by atoms with Crippen LogP contribution < -0.4 is 5.32 Å². The summed E-state index contributed by atoms with van der Waals surface area (Å²) in [6.45, 7) is 6.55. The van der Waals surface area contributed by atoms with Crippen molar-refractivity contribution in [1.82, 2.24) is 10.3 Å². The van der Waals surface area contributed by atoms with Gasteiger partial charge in [-0.1, -0.05) is 0 Å². The van der Waals surface area contributed by atoms with Gasteiger partial charge in [0.25, 0.3) is 0 Å². The van der Waals surface area contributed by atoms with Crippen LogP contribution in [0, 0.1) is 19.8 Å². The monoisotopic (exact) mass is 190 g/mol. The Kier molecular flexibility index (Phi) is 2.82. The minimum atomic E-state index is 0.795. The number of hydrogen-bond donors (Lipinski definition) is 1. The lowest BCUT2D eigenvalue weighted by Crippen LogP contribution is -2.11. The quantitative estimate of drug-likeness (QED) is 0.770. The zero-order chi connectivity index (χ0) is 9.97. The highest BCUT2D eigenvalue weighted by atomic mass is 14.9. The van der Waals surface area contributed by atoms with Crippen LogP contribution in [0.1, 0.15) is 23.4 Å². The maximum Gasteiger partial charge on any atom is 0.0412 e. The Bertz CT molecular complexity index is 294. The Morgan fingerprint density at radius 1 is 1.43 bits per heavy atom. The molecule has 14 heavy (non-hydrogen) atoms. The minimum absolute atomic E-state index is 0.795. The second-order valence-corrected chi connectivity index (χ2v) is 4.34. The number of pyridine rings is 1. The molecule has 0 aromatic carbocycles. The van der Waals surface area contributed by atoms with Gasteiger partial charge < -0.3 is 5.32 Å². The zero-order valence-electron chi connectivity index (χ0n) is 9.01. The lowest BCUT2D eigenvalue weighted by Gasteiger charge is -2.08. The van der Waals surface area contributed by atoms with E-state index in [1.807, 2.05) is 0 Å². The Morgan fingerprint density at radius 2 is 2.29 bits per heavy atom. The van der Waals surface area contributed by atoms with Gasteiger partial charge in [-0.25, -0.2) is 0 Å². The predicted octanol–water partition coefficient (Wildman–Crippen LogP) is 1.85. The topological polar surface area (TPSA) is 24.9 Å². The van der Waals surface area contributed by atoms with Crippen LogP contribution in [-0.4, -0.2) is 18.1 Å². The third-order valence-electron chi connectivity index (χ3n) is 2.81. The van der Waals surface area contributed by atoms with Crippen LogP contribution in [0.25, 0.3) is 0 Å². The fourth-order valence-electron chi connectivity index (χ4n) is 2.21. The van der Waals surface area contributed by atoms with E-state index in [0.29, 0.717) is 0 Å². The van der Waals surface area contributed by atoms with Crippen molar-refractivity contribution in [3.8, 4) is 0 Å².